The molecule has 0 saturated heterocycles. The van der Waals surface area contributed by atoms with Crippen molar-refractivity contribution in [1.82, 2.24) is 9.78 Å². The Labute approximate surface area is 119 Å². The molecule has 1 aromatic heterocycles. The van der Waals surface area contributed by atoms with Crippen LogP contribution in [0.25, 0.3) is 0 Å². The normalized spacial score (nSPS) is 12.4. The van der Waals surface area contributed by atoms with Crippen molar-refractivity contribution in [2.75, 3.05) is 39.3 Å². The van der Waals surface area contributed by atoms with Crippen LogP contribution in [0.1, 0.15) is 0 Å². The zero-order valence-corrected chi connectivity index (χ0v) is 12.5. The highest BCUT2D eigenvalue weighted by molar-refractivity contribution is 9.10. The van der Waals surface area contributed by atoms with E-state index >= 15 is 0 Å². The Morgan fingerprint density at radius 2 is 2.26 bits per heavy atom. The second-order valence-electron chi connectivity index (χ2n) is 3.88. The van der Waals surface area contributed by atoms with Crippen molar-refractivity contribution < 1.29 is 14.6 Å². The highest BCUT2D eigenvalue weighted by Crippen LogP contribution is 2.15. The molecule has 1 atom stereocenters. The molecule has 2 N–H and O–H groups in total. The lowest BCUT2D eigenvalue weighted by molar-refractivity contribution is 0.0727. The number of aromatic nitrogens is 2. The fourth-order valence-electron chi connectivity index (χ4n) is 1.40. The summed E-state index contributed by atoms with van der Waals surface area (Å²) < 4.78 is 11.4. The quantitative estimate of drug-likeness (QED) is 0.699. The molecule has 8 heteroatoms. The van der Waals surface area contributed by atoms with Crippen LogP contribution < -0.4 is 10.9 Å². The number of nitrogens with zero attached hydrogens (tertiary/aromatic N) is 2. The van der Waals surface area contributed by atoms with Gasteiger partial charge in [-0.3, -0.25) is 4.79 Å². The maximum atomic E-state index is 11.9. The zero-order valence-electron chi connectivity index (χ0n) is 10.9. The van der Waals surface area contributed by atoms with Gasteiger partial charge in [-0.05, 0) is 15.9 Å². The topological polar surface area (TPSA) is 85.6 Å². The zero-order chi connectivity index (χ0) is 14.3. The molecule has 7 nitrogen and oxygen atoms in total. The van der Waals surface area contributed by atoms with Crippen molar-refractivity contribution in [3.8, 4) is 0 Å². The molecule has 1 aromatic rings. The van der Waals surface area contributed by atoms with Crippen LogP contribution in [0.5, 0.6) is 0 Å². The van der Waals surface area contributed by atoms with Gasteiger partial charge in [0, 0.05) is 20.8 Å². The number of halogens is 1. The molecule has 0 bridgehead atoms. The molecule has 0 fully saturated rings. The summed E-state index contributed by atoms with van der Waals surface area (Å²) in [6, 6.07) is 0. The lowest BCUT2D eigenvalue weighted by atomic mass is 10.3. The number of hydrogen-bond donors (Lipinski definition) is 2. The van der Waals surface area contributed by atoms with E-state index in [1.807, 2.05) is 0 Å². The number of nitrogens with one attached hydrogen (secondary N) is 1. The van der Waals surface area contributed by atoms with Crippen molar-refractivity contribution in [3.63, 3.8) is 0 Å². The van der Waals surface area contributed by atoms with E-state index in [4.69, 9.17) is 9.47 Å². The first kappa shape index (κ1) is 16.1. The van der Waals surface area contributed by atoms with Crippen molar-refractivity contribution in [3.05, 3.63) is 21.0 Å². The van der Waals surface area contributed by atoms with E-state index < -0.39 is 6.10 Å². The van der Waals surface area contributed by atoms with Gasteiger partial charge in [-0.1, -0.05) is 0 Å². The van der Waals surface area contributed by atoms with Crippen molar-refractivity contribution >= 4 is 21.6 Å². The predicted octanol–water partition coefficient (Wildman–Crippen LogP) is 0.0714. The first-order chi connectivity index (χ1) is 9.10. The third kappa shape index (κ3) is 4.90. The molecule has 0 aliphatic rings. The van der Waals surface area contributed by atoms with E-state index in [0.717, 1.165) is 0 Å². The molecule has 108 valence electrons. The molecular weight excluding hydrogens is 318 g/mol. The Bertz CT molecular complexity index is 452. The van der Waals surface area contributed by atoms with Crippen LogP contribution >= 0.6 is 15.9 Å². The fourth-order valence-corrected chi connectivity index (χ4v) is 1.85. The smallest absolute Gasteiger partial charge is 0.283 e. The molecule has 1 rings (SSSR count). The van der Waals surface area contributed by atoms with E-state index in [0.29, 0.717) is 23.3 Å². The minimum absolute atomic E-state index is 0.225. The standard InChI is InChI=1S/C11H18BrN3O4/c1-18-4-3-15-11(17)10(12)9(6-14-15)13-5-8(16)7-19-2/h6,8,13,16H,3-5,7H2,1-2H3. The van der Waals surface area contributed by atoms with Gasteiger partial charge in [-0.25, -0.2) is 4.68 Å². The summed E-state index contributed by atoms with van der Waals surface area (Å²) >= 11 is 3.22. The second-order valence-corrected chi connectivity index (χ2v) is 4.68. The van der Waals surface area contributed by atoms with Crippen LogP contribution in [-0.2, 0) is 16.0 Å². The third-order valence-electron chi connectivity index (χ3n) is 2.38. The summed E-state index contributed by atoms with van der Waals surface area (Å²) in [5.74, 6) is 0. The van der Waals surface area contributed by atoms with E-state index in [2.05, 4.69) is 26.3 Å². The van der Waals surface area contributed by atoms with E-state index in [-0.39, 0.29) is 18.7 Å². The SMILES string of the molecule is COCCn1ncc(NCC(O)COC)c(Br)c1=O. The summed E-state index contributed by atoms with van der Waals surface area (Å²) in [6.07, 6.45) is 0.883. The van der Waals surface area contributed by atoms with E-state index in [1.165, 1.54) is 18.0 Å². The molecule has 0 saturated carbocycles. The van der Waals surface area contributed by atoms with Crippen LogP contribution in [0.4, 0.5) is 5.69 Å². The molecular formula is C11H18BrN3O4. The van der Waals surface area contributed by atoms with Crippen molar-refractivity contribution in [2.24, 2.45) is 0 Å². The third-order valence-corrected chi connectivity index (χ3v) is 3.15. The Morgan fingerprint density at radius 1 is 1.53 bits per heavy atom. The molecule has 0 aromatic carbocycles. The Morgan fingerprint density at radius 3 is 2.89 bits per heavy atom. The van der Waals surface area contributed by atoms with Crippen LogP contribution in [0.15, 0.2) is 15.5 Å². The molecule has 0 spiro atoms. The minimum Gasteiger partial charge on any atom is -0.389 e. The summed E-state index contributed by atoms with van der Waals surface area (Å²) in [7, 11) is 3.07. The van der Waals surface area contributed by atoms with E-state index in [9.17, 15) is 9.90 Å². The number of ether oxygens (including phenoxy) is 2. The first-order valence-corrected chi connectivity index (χ1v) is 6.54. The largest absolute Gasteiger partial charge is 0.389 e. The molecule has 0 amide bonds. The lowest BCUT2D eigenvalue weighted by Crippen LogP contribution is -2.28. The number of aliphatic hydroxyl groups is 1. The minimum atomic E-state index is -0.646. The number of hydrogen-bond acceptors (Lipinski definition) is 6. The van der Waals surface area contributed by atoms with Gasteiger partial charge in [0.1, 0.15) is 4.47 Å². The molecule has 0 radical (unpaired) electrons. The van der Waals surface area contributed by atoms with Gasteiger partial charge in [0.05, 0.1) is 37.7 Å². The Kier molecular flexibility index (Phi) is 7.00. The average Bonchev–Trinajstić information content (AvgIpc) is 2.40. The van der Waals surface area contributed by atoms with Gasteiger partial charge >= 0.3 is 0 Å². The highest BCUT2D eigenvalue weighted by atomic mass is 79.9. The summed E-state index contributed by atoms with van der Waals surface area (Å²) in [5.41, 5.74) is 0.289. The fraction of sp³-hybridized carbons (Fsp3) is 0.636. The summed E-state index contributed by atoms with van der Waals surface area (Å²) in [6.45, 7) is 1.30. The van der Waals surface area contributed by atoms with Gasteiger partial charge < -0.3 is 19.9 Å². The molecule has 19 heavy (non-hydrogen) atoms. The van der Waals surface area contributed by atoms with Crippen LogP contribution in [-0.4, -0.2) is 55.0 Å². The van der Waals surface area contributed by atoms with Crippen LogP contribution in [0, 0.1) is 0 Å². The van der Waals surface area contributed by atoms with Gasteiger partial charge in [0.25, 0.3) is 5.56 Å². The maximum Gasteiger partial charge on any atom is 0.283 e. The number of aliphatic hydroxyl groups excluding tert-OH is 1. The molecule has 0 aliphatic carbocycles. The van der Waals surface area contributed by atoms with Crippen LogP contribution in [0.2, 0.25) is 0 Å². The predicted molar refractivity (Wildman–Crippen MR) is 74.4 cm³/mol. The average molecular weight is 336 g/mol. The summed E-state index contributed by atoms with van der Waals surface area (Å²) in [4.78, 5) is 11.9. The van der Waals surface area contributed by atoms with Gasteiger partial charge in [0.15, 0.2) is 0 Å². The maximum absolute atomic E-state index is 11.9. The monoisotopic (exact) mass is 335 g/mol. The molecule has 0 aliphatic heterocycles. The van der Waals surface area contributed by atoms with Crippen molar-refractivity contribution in [2.45, 2.75) is 12.6 Å². The van der Waals surface area contributed by atoms with E-state index in [1.54, 1.807) is 7.11 Å². The first-order valence-electron chi connectivity index (χ1n) is 5.75. The Balaban J connectivity index is 2.71. The van der Waals surface area contributed by atoms with Crippen LogP contribution in [0.3, 0.4) is 0 Å². The Hall–Kier alpha value is -0.960. The molecule has 1 heterocycles. The molecule has 1 unspecified atom stereocenters. The van der Waals surface area contributed by atoms with Gasteiger partial charge in [-0.2, -0.15) is 5.10 Å². The number of methoxy groups -OCH3 is 2. The van der Waals surface area contributed by atoms with Gasteiger partial charge in [-0.15, -0.1) is 0 Å². The highest BCUT2D eigenvalue weighted by Gasteiger charge is 2.10. The lowest BCUT2D eigenvalue weighted by Gasteiger charge is -2.13. The number of rotatable bonds is 8. The summed E-state index contributed by atoms with van der Waals surface area (Å²) in [5, 5.41) is 16.5. The van der Waals surface area contributed by atoms with Gasteiger partial charge in [0.2, 0.25) is 0 Å². The second kappa shape index (κ2) is 8.26. The number of anilines is 1. The van der Waals surface area contributed by atoms with Crippen molar-refractivity contribution in [1.29, 1.82) is 0 Å².